The van der Waals surface area contributed by atoms with Gasteiger partial charge in [-0.2, -0.15) is 0 Å². The third-order valence-electron chi connectivity index (χ3n) is 4.69. The van der Waals surface area contributed by atoms with E-state index in [1.807, 2.05) is 12.1 Å². The van der Waals surface area contributed by atoms with Crippen LogP contribution < -0.4 is 4.74 Å². The fraction of sp³-hybridized carbons (Fsp3) is 0.174. The Kier molecular flexibility index (Phi) is 7.02. The van der Waals surface area contributed by atoms with Gasteiger partial charge >= 0.3 is 0 Å². The molecule has 0 aliphatic heterocycles. The molecule has 1 heterocycles. The molecule has 3 aromatic carbocycles. The highest BCUT2D eigenvalue weighted by atomic mass is 127. The second-order valence-corrected chi connectivity index (χ2v) is 9.09. The highest BCUT2D eigenvalue weighted by Gasteiger charge is 2.14. The lowest BCUT2D eigenvalue weighted by Crippen LogP contribution is -1.97. The van der Waals surface area contributed by atoms with E-state index >= 15 is 0 Å². The third-order valence-corrected chi connectivity index (χ3v) is 7.46. The zero-order valence-electron chi connectivity index (χ0n) is 15.9. The van der Waals surface area contributed by atoms with Crippen LogP contribution in [0.5, 0.6) is 5.75 Å². The molecule has 0 radical (unpaired) electrons. The molecule has 4 rings (SSSR count). The number of nitrogens with zero attached hydrogens (tertiary/aromatic N) is 2. The van der Waals surface area contributed by atoms with E-state index in [-0.39, 0.29) is 0 Å². The molecule has 1 aromatic heterocycles. The lowest BCUT2D eigenvalue weighted by Gasteiger charge is -2.11. The molecular formula is C23H20I2N2OS. The van der Waals surface area contributed by atoms with Crippen LogP contribution in [0.3, 0.4) is 0 Å². The summed E-state index contributed by atoms with van der Waals surface area (Å²) in [6, 6.07) is 23.5. The van der Waals surface area contributed by atoms with Gasteiger partial charge in [-0.1, -0.05) is 87.3 Å². The Morgan fingerprint density at radius 3 is 2.34 bits per heavy atom. The molecule has 0 N–H and O–H groups in total. The molecule has 29 heavy (non-hydrogen) atoms. The Bertz CT molecular complexity index is 1130. The fourth-order valence-electron chi connectivity index (χ4n) is 3.21. The topological polar surface area (TPSA) is 27.1 Å². The van der Waals surface area contributed by atoms with Gasteiger partial charge in [-0.3, -0.25) is 4.57 Å². The zero-order valence-corrected chi connectivity index (χ0v) is 21.1. The summed E-state index contributed by atoms with van der Waals surface area (Å²) in [5.41, 5.74) is 7.26. The second kappa shape index (κ2) is 9.70. The molecule has 148 valence electrons. The van der Waals surface area contributed by atoms with Gasteiger partial charge in [0.1, 0.15) is 5.75 Å². The average Bonchev–Trinajstić information content (AvgIpc) is 3.15. The van der Waals surface area contributed by atoms with Crippen molar-refractivity contribution in [1.29, 1.82) is 0 Å². The molecule has 0 spiro atoms. The van der Waals surface area contributed by atoms with Crippen LogP contribution in [-0.2, 0) is 14.6 Å². The standard InChI is InChI=1S/C23H20I2N2OS/c1-28-20-8-6-19(7-9-20)27-22-12-17(14-25)5-10-21(22)26-23(27)29-15-18-4-2-3-16(11-18)13-24/h2-12H,13-15H2,1H3. The Morgan fingerprint density at radius 1 is 0.897 bits per heavy atom. The van der Waals surface area contributed by atoms with Crippen molar-refractivity contribution in [3.05, 3.63) is 83.4 Å². The minimum absolute atomic E-state index is 0.857. The SMILES string of the molecule is COc1ccc(-n2c(SCc3cccc(CI)c3)nc3ccc(CI)cc32)cc1. The van der Waals surface area contributed by atoms with Gasteiger partial charge in [-0.15, -0.1) is 0 Å². The Hall–Kier alpha value is -1.26. The molecule has 0 fully saturated rings. The lowest BCUT2D eigenvalue weighted by molar-refractivity contribution is 0.414. The van der Waals surface area contributed by atoms with Gasteiger partial charge in [0.05, 0.1) is 18.1 Å². The van der Waals surface area contributed by atoms with Crippen LogP contribution in [-0.4, -0.2) is 16.7 Å². The first-order chi connectivity index (χ1) is 14.2. The van der Waals surface area contributed by atoms with Crippen LogP contribution in [0.1, 0.15) is 16.7 Å². The predicted octanol–water partition coefficient (Wildman–Crippen LogP) is 7.20. The number of halogens is 2. The van der Waals surface area contributed by atoms with Crippen molar-refractivity contribution in [1.82, 2.24) is 9.55 Å². The summed E-state index contributed by atoms with van der Waals surface area (Å²) in [5.74, 6) is 1.75. The van der Waals surface area contributed by atoms with E-state index in [0.717, 1.165) is 42.2 Å². The van der Waals surface area contributed by atoms with Crippen molar-refractivity contribution in [2.75, 3.05) is 7.11 Å². The van der Waals surface area contributed by atoms with Crippen LogP contribution in [0.15, 0.2) is 71.9 Å². The van der Waals surface area contributed by atoms with Gasteiger partial charge in [0, 0.05) is 20.3 Å². The van der Waals surface area contributed by atoms with E-state index in [1.54, 1.807) is 18.9 Å². The predicted molar refractivity (Wildman–Crippen MR) is 139 cm³/mol. The van der Waals surface area contributed by atoms with E-state index in [1.165, 1.54) is 16.7 Å². The van der Waals surface area contributed by atoms with Gasteiger partial charge in [0.25, 0.3) is 0 Å². The fourth-order valence-corrected chi connectivity index (χ4v) is 5.13. The lowest BCUT2D eigenvalue weighted by atomic mass is 10.2. The first-order valence-electron chi connectivity index (χ1n) is 9.20. The van der Waals surface area contributed by atoms with E-state index in [9.17, 15) is 0 Å². The zero-order chi connectivity index (χ0) is 20.2. The number of fused-ring (bicyclic) bond motifs is 1. The smallest absolute Gasteiger partial charge is 0.174 e. The molecule has 0 saturated carbocycles. The number of imidazole rings is 1. The van der Waals surface area contributed by atoms with Crippen LogP contribution >= 0.6 is 56.9 Å². The van der Waals surface area contributed by atoms with Gasteiger partial charge < -0.3 is 4.74 Å². The average molecular weight is 626 g/mol. The molecule has 0 saturated heterocycles. The van der Waals surface area contributed by atoms with E-state index < -0.39 is 0 Å². The van der Waals surface area contributed by atoms with Crippen molar-refractivity contribution in [2.45, 2.75) is 19.8 Å². The summed E-state index contributed by atoms with van der Waals surface area (Å²) >= 11 is 6.60. The summed E-state index contributed by atoms with van der Waals surface area (Å²) in [5, 5.41) is 1.01. The molecule has 3 nitrogen and oxygen atoms in total. The Morgan fingerprint density at radius 2 is 1.62 bits per heavy atom. The first-order valence-corrected chi connectivity index (χ1v) is 13.2. The summed E-state index contributed by atoms with van der Waals surface area (Å²) in [7, 11) is 1.69. The van der Waals surface area contributed by atoms with Crippen LogP contribution in [0, 0.1) is 0 Å². The van der Waals surface area contributed by atoms with Crippen molar-refractivity contribution >= 4 is 68.0 Å². The van der Waals surface area contributed by atoms with Gasteiger partial charge in [0.15, 0.2) is 5.16 Å². The number of alkyl halides is 2. The number of ether oxygens (including phenoxy) is 1. The summed E-state index contributed by atoms with van der Waals surface area (Å²) in [6.07, 6.45) is 0. The largest absolute Gasteiger partial charge is 0.497 e. The molecule has 0 atom stereocenters. The minimum Gasteiger partial charge on any atom is -0.497 e. The van der Waals surface area contributed by atoms with Gasteiger partial charge in [-0.05, 0) is 53.1 Å². The molecule has 6 heteroatoms. The normalized spacial score (nSPS) is 11.1. The van der Waals surface area contributed by atoms with Crippen molar-refractivity contribution < 1.29 is 4.74 Å². The van der Waals surface area contributed by atoms with Gasteiger partial charge in [0.2, 0.25) is 0 Å². The molecule has 0 aliphatic rings. The molecule has 0 unspecified atom stereocenters. The van der Waals surface area contributed by atoms with Crippen molar-refractivity contribution in [3.8, 4) is 11.4 Å². The summed E-state index contributed by atoms with van der Waals surface area (Å²) in [4.78, 5) is 4.96. The Balaban J connectivity index is 1.75. The number of rotatable bonds is 7. The maximum atomic E-state index is 5.34. The van der Waals surface area contributed by atoms with E-state index in [2.05, 4.69) is 104 Å². The maximum absolute atomic E-state index is 5.34. The number of hydrogen-bond donors (Lipinski definition) is 0. The number of aromatic nitrogens is 2. The molecule has 0 aliphatic carbocycles. The van der Waals surface area contributed by atoms with Gasteiger partial charge in [-0.25, -0.2) is 4.98 Å². The number of methoxy groups -OCH3 is 1. The number of hydrogen-bond acceptors (Lipinski definition) is 3. The number of benzene rings is 3. The quantitative estimate of drug-likeness (QED) is 0.124. The highest BCUT2D eigenvalue weighted by molar-refractivity contribution is 14.1. The Labute approximate surface area is 202 Å². The second-order valence-electron chi connectivity index (χ2n) is 6.63. The number of thioether (sulfide) groups is 1. The summed E-state index contributed by atoms with van der Waals surface area (Å²) in [6.45, 7) is 0. The minimum atomic E-state index is 0.857. The molecule has 0 bridgehead atoms. The van der Waals surface area contributed by atoms with Crippen molar-refractivity contribution in [3.63, 3.8) is 0 Å². The molecule has 4 aromatic rings. The van der Waals surface area contributed by atoms with Crippen LogP contribution in [0.2, 0.25) is 0 Å². The third kappa shape index (κ3) is 4.74. The monoisotopic (exact) mass is 626 g/mol. The van der Waals surface area contributed by atoms with Crippen LogP contribution in [0.4, 0.5) is 0 Å². The van der Waals surface area contributed by atoms with E-state index in [4.69, 9.17) is 9.72 Å². The molecule has 0 amide bonds. The summed E-state index contributed by atoms with van der Waals surface area (Å²) < 4.78 is 9.60. The van der Waals surface area contributed by atoms with Crippen molar-refractivity contribution in [2.24, 2.45) is 0 Å². The molecular weight excluding hydrogens is 606 g/mol. The highest BCUT2D eigenvalue weighted by Crippen LogP contribution is 2.31. The first kappa shape index (κ1) is 21.0. The van der Waals surface area contributed by atoms with Crippen LogP contribution in [0.25, 0.3) is 16.7 Å². The van der Waals surface area contributed by atoms with E-state index in [0.29, 0.717) is 0 Å². The maximum Gasteiger partial charge on any atom is 0.174 e.